The van der Waals surface area contributed by atoms with Gasteiger partial charge >= 0.3 is 0 Å². The van der Waals surface area contributed by atoms with E-state index in [1.807, 2.05) is 23.7 Å². The molecule has 3 heterocycles. The Kier molecular flexibility index (Phi) is 3.99. The van der Waals surface area contributed by atoms with Crippen molar-refractivity contribution in [3.63, 3.8) is 0 Å². The molecule has 1 aliphatic rings. The minimum absolute atomic E-state index is 0.683. The average Bonchev–Trinajstić information content (AvgIpc) is 2.68. The first-order chi connectivity index (χ1) is 9.81. The lowest BCUT2D eigenvalue weighted by atomic mass is 10.3. The molecule has 0 atom stereocenters. The zero-order valence-corrected chi connectivity index (χ0v) is 12.8. The van der Waals surface area contributed by atoms with Crippen LogP contribution < -0.4 is 0 Å². The molecule has 2 aromatic heterocycles. The molecule has 1 aliphatic heterocycles. The monoisotopic (exact) mass is 302 g/mol. The molecule has 2 aromatic rings. The molecule has 102 valence electrons. The lowest BCUT2D eigenvalue weighted by Crippen LogP contribution is -1.98. The fourth-order valence-corrected chi connectivity index (χ4v) is 4.62. The quantitative estimate of drug-likeness (QED) is 0.755. The van der Waals surface area contributed by atoms with Crippen molar-refractivity contribution in [1.29, 1.82) is 5.26 Å². The van der Waals surface area contributed by atoms with E-state index in [2.05, 4.69) is 16.0 Å². The maximum atomic E-state index is 9.56. The summed E-state index contributed by atoms with van der Waals surface area (Å²) in [6.45, 7) is 0. The van der Waals surface area contributed by atoms with Gasteiger partial charge in [-0.2, -0.15) is 5.26 Å². The van der Waals surface area contributed by atoms with Crippen LogP contribution in [0.1, 0.15) is 18.7 Å². The van der Waals surface area contributed by atoms with Gasteiger partial charge in [-0.15, -0.1) is 23.5 Å². The van der Waals surface area contributed by atoms with Gasteiger partial charge in [-0.05, 0) is 36.5 Å². The van der Waals surface area contributed by atoms with E-state index >= 15 is 0 Å². The minimum Gasteiger partial charge on any atom is -0.311 e. The summed E-state index contributed by atoms with van der Waals surface area (Å²) < 4.78 is 3.01. The van der Waals surface area contributed by atoms with Gasteiger partial charge in [-0.25, -0.2) is 9.97 Å². The summed E-state index contributed by atoms with van der Waals surface area (Å²) in [6.07, 6.45) is 4.18. The van der Waals surface area contributed by atoms with E-state index in [0.717, 1.165) is 32.7 Å². The molecule has 0 amide bonds. The summed E-state index contributed by atoms with van der Waals surface area (Å²) in [5.74, 6) is 2.88. The van der Waals surface area contributed by atoms with Crippen LogP contribution in [0.5, 0.6) is 0 Å². The number of allylic oxidation sites excluding steroid dienone is 1. The van der Waals surface area contributed by atoms with Gasteiger partial charge in [0.25, 0.3) is 0 Å². The topological polar surface area (TPSA) is 54.5 Å². The fourth-order valence-electron chi connectivity index (χ4n) is 2.15. The maximum absolute atomic E-state index is 9.56. The molecule has 0 spiro atoms. The second kappa shape index (κ2) is 5.90. The Bertz CT molecular complexity index is 702. The minimum atomic E-state index is 0.683. The molecule has 3 rings (SSSR count). The predicted molar refractivity (Wildman–Crippen MR) is 85.2 cm³/mol. The summed E-state index contributed by atoms with van der Waals surface area (Å²) in [5, 5.41) is 9.56. The van der Waals surface area contributed by atoms with E-state index < -0.39 is 0 Å². The molecule has 6 heteroatoms. The van der Waals surface area contributed by atoms with Gasteiger partial charge in [0.05, 0.1) is 4.24 Å². The summed E-state index contributed by atoms with van der Waals surface area (Å²) >= 11 is 3.55. The average molecular weight is 302 g/mol. The van der Waals surface area contributed by atoms with E-state index in [1.165, 1.54) is 12.8 Å². The van der Waals surface area contributed by atoms with Crippen LogP contribution >= 0.6 is 23.5 Å². The van der Waals surface area contributed by atoms with Gasteiger partial charge in [-0.1, -0.05) is 0 Å². The van der Waals surface area contributed by atoms with Gasteiger partial charge < -0.3 is 4.57 Å². The van der Waals surface area contributed by atoms with E-state index in [0.29, 0.717) is 5.57 Å². The van der Waals surface area contributed by atoms with Crippen LogP contribution in [-0.4, -0.2) is 26.0 Å². The van der Waals surface area contributed by atoms with E-state index in [9.17, 15) is 5.26 Å². The van der Waals surface area contributed by atoms with Crippen molar-refractivity contribution >= 4 is 40.3 Å². The second-order valence-electron chi connectivity index (χ2n) is 4.52. The molecule has 0 N–H and O–H groups in total. The fraction of sp³-hybridized carbons (Fsp3) is 0.357. The molecular formula is C14H14N4S2. The molecule has 0 radical (unpaired) electrons. The first-order valence-corrected chi connectivity index (χ1v) is 8.46. The number of fused-ring (bicyclic) bond motifs is 1. The molecule has 4 nitrogen and oxygen atoms in total. The molecule has 1 saturated heterocycles. The van der Waals surface area contributed by atoms with Gasteiger partial charge in [0.1, 0.15) is 17.2 Å². The Morgan fingerprint density at radius 1 is 1.35 bits per heavy atom. The predicted octanol–water partition coefficient (Wildman–Crippen LogP) is 3.42. The number of nitrogens with zero attached hydrogens (tertiary/aromatic N) is 4. The maximum Gasteiger partial charge on any atom is 0.160 e. The molecule has 0 aromatic carbocycles. The lowest BCUT2D eigenvalue weighted by molar-refractivity contribution is 0.910. The number of imidazole rings is 1. The number of pyridine rings is 1. The first kappa shape index (κ1) is 13.5. The highest BCUT2D eigenvalue weighted by Crippen LogP contribution is 2.39. The lowest BCUT2D eigenvalue weighted by Gasteiger charge is -2.06. The van der Waals surface area contributed by atoms with Crippen LogP contribution in [-0.2, 0) is 7.05 Å². The van der Waals surface area contributed by atoms with Crippen LogP contribution in [0.15, 0.2) is 22.6 Å². The van der Waals surface area contributed by atoms with Gasteiger partial charge in [0.2, 0.25) is 0 Å². The zero-order valence-electron chi connectivity index (χ0n) is 11.2. The number of hydrogen-bond donors (Lipinski definition) is 0. The van der Waals surface area contributed by atoms with Gasteiger partial charge in [0, 0.05) is 13.2 Å². The molecular weight excluding hydrogens is 288 g/mol. The third kappa shape index (κ3) is 2.43. The number of hydrogen-bond acceptors (Lipinski definition) is 5. The highest BCUT2D eigenvalue weighted by Gasteiger charge is 2.19. The zero-order chi connectivity index (χ0) is 13.9. The molecule has 20 heavy (non-hydrogen) atoms. The van der Waals surface area contributed by atoms with Crippen molar-refractivity contribution in [2.24, 2.45) is 7.05 Å². The number of aromatic nitrogens is 3. The Labute approximate surface area is 126 Å². The van der Waals surface area contributed by atoms with Gasteiger partial charge in [0.15, 0.2) is 11.5 Å². The van der Waals surface area contributed by atoms with Gasteiger partial charge in [-0.3, -0.25) is 0 Å². The van der Waals surface area contributed by atoms with Crippen LogP contribution in [0.2, 0.25) is 0 Å². The van der Waals surface area contributed by atoms with Crippen LogP contribution in [0.25, 0.3) is 16.7 Å². The standard InChI is InChI=1S/C14H14N4S2/c1-18-12(17-11-5-4-6-16-13(11)18)10(9-15)14-19-7-2-3-8-20-14/h4-6H,2-3,7-8H2,1H3. The Morgan fingerprint density at radius 3 is 2.75 bits per heavy atom. The normalized spacial score (nSPS) is 15.9. The highest BCUT2D eigenvalue weighted by atomic mass is 32.2. The van der Waals surface area contributed by atoms with Crippen molar-refractivity contribution in [2.45, 2.75) is 12.8 Å². The van der Waals surface area contributed by atoms with Crippen molar-refractivity contribution in [2.75, 3.05) is 11.5 Å². The highest BCUT2D eigenvalue weighted by molar-refractivity contribution is 8.22. The first-order valence-electron chi connectivity index (χ1n) is 6.49. The molecule has 0 saturated carbocycles. The van der Waals surface area contributed by atoms with Crippen LogP contribution in [0.3, 0.4) is 0 Å². The van der Waals surface area contributed by atoms with E-state index in [1.54, 1.807) is 29.7 Å². The van der Waals surface area contributed by atoms with E-state index in [4.69, 9.17) is 0 Å². The Balaban J connectivity index is 2.14. The Morgan fingerprint density at radius 2 is 2.10 bits per heavy atom. The third-order valence-electron chi connectivity index (χ3n) is 3.17. The molecule has 1 fully saturated rings. The van der Waals surface area contributed by atoms with Crippen molar-refractivity contribution < 1.29 is 0 Å². The summed E-state index contributed by atoms with van der Waals surface area (Å²) in [5.41, 5.74) is 2.34. The largest absolute Gasteiger partial charge is 0.311 e. The van der Waals surface area contributed by atoms with Crippen molar-refractivity contribution in [1.82, 2.24) is 14.5 Å². The van der Waals surface area contributed by atoms with Crippen LogP contribution in [0.4, 0.5) is 0 Å². The Hall–Kier alpha value is -1.45. The summed E-state index contributed by atoms with van der Waals surface area (Å²) in [4.78, 5) is 8.92. The number of thioether (sulfide) groups is 2. The smallest absolute Gasteiger partial charge is 0.160 e. The second-order valence-corrected chi connectivity index (χ2v) is 6.99. The van der Waals surface area contributed by atoms with Crippen molar-refractivity contribution in [3.05, 3.63) is 28.4 Å². The number of rotatable bonds is 1. The molecule has 0 bridgehead atoms. The summed E-state index contributed by atoms with van der Waals surface area (Å²) in [7, 11) is 1.92. The van der Waals surface area contributed by atoms with E-state index in [-0.39, 0.29) is 0 Å². The molecule has 0 aliphatic carbocycles. The number of nitriles is 1. The SMILES string of the molecule is Cn1c(C(C#N)=C2SCCCCS2)nc2cccnc21. The van der Waals surface area contributed by atoms with Crippen molar-refractivity contribution in [3.8, 4) is 6.07 Å². The third-order valence-corrected chi connectivity index (χ3v) is 5.80. The van der Waals surface area contributed by atoms with Crippen LogP contribution in [0, 0.1) is 11.3 Å². The number of aryl methyl sites for hydroxylation is 1. The summed E-state index contributed by atoms with van der Waals surface area (Å²) in [6, 6.07) is 6.14. The molecule has 0 unspecified atom stereocenters.